The van der Waals surface area contributed by atoms with Crippen molar-refractivity contribution in [3.63, 3.8) is 0 Å². The van der Waals surface area contributed by atoms with Crippen LogP contribution in [0.25, 0.3) is 0 Å². The predicted octanol–water partition coefficient (Wildman–Crippen LogP) is 4.20. The number of carboxylic acids is 1. The van der Waals surface area contributed by atoms with Gasteiger partial charge in [0.25, 0.3) is 5.91 Å². The number of ether oxygens (including phenoxy) is 1. The fourth-order valence-electron chi connectivity index (χ4n) is 2.34. The van der Waals surface area contributed by atoms with Crippen molar-refractivity contribution in [1.82, 2.24) is 5.32 Å². The molecule has 0 atom stereocenters. The number of halogens is 2. The first-order valence-electron chi connectivity index (χ1n) is 7.70. The van der Waals surface area contributed by atoms with E-state index < -0.39 is 11.9 Å². The van der Waals surface area contributed by atoms with Crippen LogP contribution in [-0.2, 0) is 4.79 Å². The summed E-state index contributed by atoms with van der Waals surface area (Å²) in [7, 11) is 0. The molecule has 6 nitrogen and oxygen atoms in total. The molecule has 0 radical (unpaired) electrons. The van der Waals surface area contributed by atoms with E-state index in [0.717, 1.165) is 11.1 Å². The number of carbonyl (C=O) groups is 2. The standard InChI is InChI=1S/C18H16Cl2N2O4S/c1-9-3-10(2)5-12(4-9)26-8-15(23)21-18(27)22-16-13(17(24)25)6-11(19)7-14(16)20/h3-7H,8H2,1-2H3,(H,24,25)(H2,21,22,23,27). The average Bonchev–Trinajstić information content (AvgIpc) is 2.54. The zero-order chi connectivity index (χ0) is 20.1. The van der Waals surface area contributed by atoms with Gasteiger partial charge < -0.3 is 15.2 Å². The van der Waals surface area contributed by atoms with Gasteiger partial charge in [0.2, 0.25) is 0 Å². The first-order valence-corrected chi connectivity index (χ1v) is 8.86. The Balaban J connectivity index is 1.99. The summed E-state index contributed by atoms with van der Waals surface area (Å²) in [5.41, 5.74) is 1.90. The molecule has 0 aliphatic carbocycles. The second-order valence-electron chi connectivity index (χ2n) is 5.73. The third-order valence-corrected chi connectivity index (χ3v) is 4.06. The van der Waals surface area contributed by atoms with Crippen LogP contribution in [-0.4, -0.2) is 28.7 Å². The molecule has 0 fully saturated rings. The Morgan fingerprint density at radius 1 is 1.11 bits per heavy atom. The minimum atomic E-state index is -1.24. The normalized spacial score (nSPS) is 10.2. The number of thiocarbonyl (C=S) groups is 1. The van der Waals surface area contributed by atoms with Gasteiger partial charge in [0.05, 0.1) is 16.3 Å². The van der Waals surface area contributed by atoms with Crippen molar-refractivity contribution in [3.05, 3.63) is 57.1 Å². The lowest BCUT2D eigenvalue weighted by molar-refractivity contribution is -0.121. The Hall–Kier alpha value is -2.35. The molecule has 27 heavy (non-hydrogen) atoms. The van der Waals surface area contributed by atoms with Crippen LogP contribution >= 0.6 is 35.4 Å². The van der Waals surface area contributed by atoms with Crippen molar-refractivity contribution in [2.45, 2.75) is 13.8 Å². The lowest BCUT2D eigenvalue weighted by Gasteiger charge is -2.14. The molecule has 2 aromatic carbocycles. The fraction of sp³-hybridized carbons (Fsp3) is 0.167. The van der Waals surface area contributed by atoms with E-state index in [1.54, 1.807) is 0 Å². The molecule has 2 rings (SSSR count). The quantitative estimate of drug-likeness (QED) is 0.620. The molecule has 0 saturated carbocycles. The summed E-state index contributed by atoms with van der Waals surface area (Å²) in [6.45, 7) is 3.59. The number of rotatable bonds is 5. The van der Waals surface area contributed by atoms with Gasteiger partial charge in [-0.1, -0.05) is 29.3 Å². The number of anilines is 1. The number of aromatic carboxylic acids is 1. The van der Waals surface area contributed by atoms with Gasteiger partial charge in [-0.3, -0.25) is 10.1 Å². The number of carbonyl (C=O) groups excluding carboxylic acids is 1. The Labute approximate surface area is 171 Å². The van der Waals surface area contributed by atoms with Gasteiger partial charge >= 0.3 is 5.97 Å². The van der Waals surface area contributed by atoms with Gasteiger partial charge in [-0.25, -0.2) is 4.79 Å². The van der Waals surface area contributed by atoms with Crippen LogP contribution in [0.5, 0.6) is 5.75 Å². The van der Waals surface area contributed by atoms with Crippen LogP contribution in [0.15, 0.2) is 30.3 Å². The van der Waals surface area contributed by atoms with E-state index >= 15 is 0 Å². The number of hydrogen-bond donors (Lipinski definition) is 3. The van der Waals surface area contributed by atoms with Gasteiger partial charge in [0.15, 0.2) is 11.7 Å². The molecule has 0 aromatic heterocycles. The zero-order valence-electron chi connectivity index (χ0n) is 14.4. The van der Waals surface area contributed by atoms with E-state index in [4.69, 9.17) is 40.2 Å². The van der Waals surface area contributed by atoms with Crippen molar-refractivity contribution in [3.8, 4) is 5.75 Å². The maximum atomic E-state index is 12.0. The van der Waals surface area contributed by atoms with Gasteiger partial charge in [0, 0.05) is 5.02 Å². The highest BCUT2D eigenvalue weighted by Crippen LogP contribution is 2.30. The van der Waals surface area contributed by atoms with Gasteiger partial charge in [-0.2, -0.15) is 0 Å². The molecule has 1 amide bonds. The monoisotopic (exact) mass is 426 g/mol. The van der Waals surface area contributed by atoms with E-state index in [1.807, 2.05) is 32.0 Å². The van der Waals surface area contributed by atoms with Crippen LogP contribution < -0.4 is 15.4 Å². The topological polar surface area (TPSA) is 87.7 Å². The summed E-state index contributed by atoms with van der Waals surface area (Å²) in [4.78, 5) is 23.3. The Morgan fingerprint density at radius 3 is 2.33 bits per heavy atom. The Bertz CT molecular complexity index is 898. The Morgan fingerprint density at radius 2 is 1.74 bits per heavy atom. The molecule has 0 heterocycles. The van der Waals surface area contributed by atoms with Crippen LogP contribution in [0, 0.1) is 13.8 Å². The molecule has 142 valence electrons. The number of hydrogen-bond acceptors (Lipinski definition) is 4. The molecule has 0 saturated heterocycles. The largest absolute Gasteiger partial charge is 0.484 e. The lowest BCUT2D eigenvalue weighted by atomic mass is 10.1. The highest BCUT2D eigenvalue weighted by Gasteiger charge is 2.17. The molecule has 0 unspecified atom stereocenters. The number of aryl methyl sites for hydroxylation is 2. The van der Waals surface area contributed by atoms with Crippen molar-refractivity contribution < 1.29 is 19.4 Å². The number of amides is 1. The predicted molar refractivity (Wildman–Crippen MR) is 109 cm³/mol. The number of carboxylic acid groups (broad SMARTS) is 1. The molecular formula is C18H16Cl2N2O4S. The summed E-state index contributed by atoms with van der Waals surface area (Å²) in [6, 6.07) is 8.20. The van der Waals surface area contributed by atoms with Gasteiger partial charge in [0.1, 0.15) is 5.75 Å². The van der Waals surface area contributed by atoms with Crippen LogP contribution in [0.3, 0.4) is 0 Å². The second kappa shape index (κ2) is 9.03. The first kappa shape index (κ1) is 21.0. The molecule has 2 aromatic rings. The molecule has 9 heteroatoms. The van der Waals surface area contributed by atoms with Crippen LogP contribution in [0.1, 0.15) is 21.5 Å². The Kier molecular flexibility index (Phi) is 7.01. The molecule has 0 spiro atoms. The molecule has 0 bridgehead atoms. The van der Waals surface area contributed by atoms with Crippen LogP contribution in [0.4, 0.5) is 5.69 Å². The van der Waals surface area contributed by atoms with E-state index in [-0.39, 0.29) is 33.0 Å². The van der Waals surface area contributed by atoms with Crippen molar-refractivity contribution in [1.29, 1.82) is 0 Å². The van der Waals surface area contributed by atoms with Crippen molar-refractivity contribution in [2.24, 2.45) is 0 Å². The number of benzene rings is 2. The minimum Gasteiger partial charge on any atom is -0.484 e. The van der Waals surface area contributed by atoms with E-state index in [2.05, 4.69) is 10.6 Å². The van der Waals surface area contributed by atoms with E-state index in [0.29, 0.717) is 5.75 Å². The summed E-state index contributed by atoms with van der Waals surface area (Å²) >= 11 is 16.9. The van der Waals surface area contributed by atoms with Crippen molar-refractivity contribution in [2.75, 3.05) is 11.9 Å². The molecule has 0 aliphatic rings. The number of nitrogens with one attached hydrogen (secondary N) is 2. The summed E-state index contributed by atoms with van der Waals surface area (Å²) in [5, 5.41) is 14.4. The summed E-state index contributed by atoms with van der Waals surface area (Å²) in [5.74, 6) is -1.18. The van der Waals surface area contributed by atoms with Crippen LogP contribution in [0.2, 0.25) is 10.0 Å². The lowest BCUT2D eigenvalue weighted by Crippen LogP contribution is -2.37. The highest BCUT2D eigenvalue weighted by molar-refractivity contribution is 7.80. The third-order valence-electron chi connectivity index (χ3n) is 3.34. The highest BCUT2D eigenvalue weighted by atomic mass is 35.5. The maximum absolute atomic E-state index is 12.0. The van der Waals surface area contributed by atoms with E-state index in [9.17, 15) is 14.7 Å². The SMILES string of the molecule is Cc1cc(C)cc(OCC(=O)NC(=S)Nc2c(Cl)cc(Cl)cc2C(=O)O)c1. The third kappa shape index (κ3) is 6.09. The average molecular weight is 427 g/mol. The van der Waals surface area contributed by atoms with Gasteiger partial charge in [-0.15, -0.1) is 0 Å². The fourth-order valence-corrected chi connectivity index (χ4v) is 3.10. The van der Waals surface area contributed by atoms with Gasteiger partial charge in [-0.05, 0) is 61.5 Å². The first-order chi connectivity index (χ1) is 12.7. The summed E-state index contributed by atoms with van der Waals surface area (Å²) < 4.78 is 5.44. The smallest absolute Gasteiger partial charge is 0.337 e. The molecule has 3 N–H and O–H groups in total. The van der Waals surface area contributed by atoms with Crippen molar-refractivity contribution >= 4 is 58.1 Å². The summed E-state index contributed by atoms with van der Waals surface area (Å²) in [6.07, 6.45) is 0. The second-order valence-corrected chi connectivity index (χ2v) is 6.98. The minimum absolute atomic E-state index is 0.0362. The zero-order valence-corrected chi connectivity index (χ0v) is 16.8. The van der Waals surface area contributed by atoms with E-state index in [1.165, 1.54) is 12.1 Å². The molecule has 0 aliphatic heterocycles. The molecular weight excluding hydrogens is 411 g/mol. The maximum Gasteiger partial charge on any atom is 0.337 e.